The Morgan fingerprint density at radius 2 is 1.96 bits per heavy atom. The molecule has 0 spiro atoms. The Kier molecular flexibility index (Phi) is 5.69. The van der Waals surface area contributed by atoms with Gasteiger partial charge in [0.05, 0.1) is 4.92 Å². The van der Waals surface area contributed by atoms with Crippen molar-refractivity contribution in [2.75, 3.05) is 18.0 Å². The molecule has 1 amide bonds. The molecule has 0 aromatic heterocycles. The van der Waals surface area contributed by atoms with Gasteiger partial charge < -0.3 is 10.2 Å². The lowest BCUT2D eigenvalue weighted by Gasteiger charge is -2.32. The van der Waals surface area contributed by atoms with Crippen molar-refractivity contribution < 1.29 is 14.1 Å². The van der Waals surface area contributed by atoms with Gasteiger partial charge in [-0.15, -0.1) is 0 Å². The fourth-order valence-corrected chi connectivity index (χ4v) is 3.35. The third-order valence-corrected chi connectivity index (χ3v) is 4.99. The van der Waals surface area contributed by atoms with Crippen LogP contribution in [0.1, 0.15) is 24.0 Å². The number of hydrogen-bond donors (Lipinski definition) is 1. The van der Waals surface area contributed by atoms with E-state index in [4.69, 9.17) is 0 Å². The van der Waals surface area contributed by atoms with E-state index in [9.17, 15) is 19.3 Å². The summed E-state index contributed by atoms with van der Waals surface area (Å²) in [6, 6.07) is 11.6. The summed E-state index contributed by atoms with van der Waals surface area (Å²) in [6.45, 7) is 3.16. The molecule has 0 atom stereocenters. The highest BCUT2D eigenvalue weighted by Crippen LogP contribution is 2.31. The number of benzene rings is 2. The Hall–Kier alpha value is -2.96. The molecule has 2 aromatic carbocycles. The molecule has 1 aliphatic heterocycles. The summed E-state index contributed by atoms with van der Waals surface area (Å²) >= 11 is 0. The number of nitrogens with one attached hydrogen (secondary N) is 1. The topological polar surface area (TPSA) is 75.5 Å². The minimum absolute atomic E-state index is 0.0572. The number of piperidine rings is 1. The maximum absolute atomic E-state index is 13.6. The van der Waals surface area contributed by atoms with Crippen molar-refractivity contribution in [1.82, 2.24) is 5.32 Å². The van der Waals surface area contributed by atoms with E-state index in [1.54, 1.807) is 37.3 Å². The first-order valence-corrected chi connectivity index (χ1v) is 8.97. The SMILES string of the molecule is Cc1ccc(CNC(=O)C2CCN(c3ccccc3[N+](=O)[O-])CC2)cc1F. The van der Waals surface area contributed by atoms with Crippen molar-refractivity contribution in [3.8, 4) is 0 Å². The van der Waals surface area contributed by atoms with Crippen molar-refractivity contribution in [3.63, 3.8) is 0 Å². The number of rotatable bonds is 5. The third-order valence-electron chi connectivity index (χ3n) is 4.99. The minimum Gasteiger partial charge on any atom is -0.366 e. The number of aryl methyl sites for hydroxylation is 1. The molecule has 1 heterocycles. The summed E-state index contributed by atoms with van der Waals surface area (Å²) in [7, 11) is 0. The summed E-state index contributed by atoms with van der Waals surface area (Å²) in [4.78, 5) is 25.2. The molecular formula is C20H22FN3O3. The molecule has 6 nitrogen and oxygen atoms in total. The smallest absolute Gasteiger partial charge is 0.292 e. The van der Waals surface area contributed by atoms with Crippen LogP contribution in [0, 0.1) is 28.8 Å². The molecule has 0 saturated carbocycles. The number of amides is 1. The van der Waals surface area contributed by atoms with Gasteiger partial charge in [-0.1, -0.05) is 24.3 Å². The summed E-state index contributed by atoms with van der Waals surface area (Å²) in [6.07, 6.45) is 1.25. The van der Waals surface area contributed by atoms with Crippen LogP contribution in [0.5, 0.6) is 0 Å². The van der Waals surface area contributed by atoms with Crippen LogP contribution in [0.25, 0.3) is 0 Å². The van der Waals surface area contributed by atoms with E-state index in [1.807, 2.05) is 4.90 Å². The van der Waals surface area contributed by atoms with Crippen molar-refractivity contribution in [2.45, 2.75) is 26.3 Å². The van der Waals surface area contributed by atoms with E-state index < -0.39 is 0 Å². The van der Waals surface area contributed by atoms with Gasteiger partial charge in [-0.25, -0.2) is 4.39 Å². The molecular weight excluding hydrogens is 349 g/mol. The number of halogens is 1. The number of nitro groups is 1. The summed E-state index contributed by atoms with van der Waals surface area (Å²) in [5.41, 5.74) is 1.98. The van der Waals surface area contributed by atoms with Crippen LogP contribution in [-0.4, -0.2) is 23.9 Å². The Morgan fingerprint density at radius 3 is 2.63 bits per heavy atom. The Morgan fingerprint density at radius 1 is 1.26 bits per heavy atom. The molecule has 2 aromatic rings. The van der Waals surface area contributed by atoms with Crippen LogP contribution >= 0.6 is 0 Å². The van der Waals surface area contributed by atoms with Gasteiger partial charge in [0.15, 0.2) is 0 Å². The molecule has 3 rings (SSSR count). The van der Waals surface area contributed by atoms with E-state index in [2.05, 4.69) is 5.32 Å². The standard InChI is InChI=1S/C20H22FN3O3/c1-14-6-7-15(12-17(14)21)13-22-20(25)16-8-10-23(11-9-16)18-4-2-3-5-19(18)24(26)27/h2-7,12,16H,8-11,13H2,1H3,(H,22,25). The second-order valence-electron chi connectivity index (χ2n) is 6.81. The molecule has 142 valence electrons. The number of carbonyl (C=O) groups excluding carboxylic acids is 1. The normalized spacial score (nSPS) is 14.8. The highest BCUT2D eigenvalue weighted by molar-refractivity contribution is 5.79. The van der Waals surface area contributed by atoms with Gasteiger partial charge in [0.25, 0.3) is 5.69 Å². The molecule has 27 heavy (non-hydrogen) atoms. The van der Waals surface area contributed by atoms with Crippen LogP contribution in [0.4, 0.5) is 15.8 Å². The average molecular weight is 371 g/mol. The van der Waals surface area contributed by atoms with Gasteiger partial charge in [-0.05, 0) is 43.0 Å². The largest absolute Gasteiger partial charge is 0.366 e. The quantitative estimate of drug-likeness (QED) is 0.644. The van der Waals surface area contributed by atoms with Gasteiger partial charge >= 0.3 is 0 Å². The molecule has 0 radical (unpaired) electrons. The zero-order valence-corrected chi connectivity index (χ0v) is 15.2. The van der Waals surface area contributed by atoms with Crippen LogP contribution in [0.15, 0.2) is 42.5 Å². The molecule has 0 unspecified atom stereocenters. The number of carbonyl (C=O) groups is 1. The Bertz CT molecular complexity index is 848. The number of para-hydroxylation sites is 2. The summed E-state index contributed by atoms with van der Waals surface area (Å²) in [5, 5.41) is 14.1. The number of hydrogen-bond acceptors (Lipinski definition) is 4. The van der Waals surface area contributed by atoms with E-state index in [1.165, 1.54) is 12.1 Å². The maximum Gasteiger partial charge on any atom is 0.292 e. The fourth-order valence-electron chi connectivity index (χ4n) is 3.35. The lowest BCUT2D eigenvalue weighted by atomic mass is 9.95. The van der Waals surface area contributed by atoms with E-state index in [0.717, 1.165) is 5.56 Å². The predicted octanol–water partition coefficient (Wildman–Crippen LogP) is 3.58. The molecule has 1 fully saturated rings. The van der Waals surface area contributed by atoms with E-state index >= 15 is 0 Å². The Balaban J connectivity index is 1.55. The van der Waals surface area contributed by atoms with Gasteiger partial charge in [-0.3, -0.25) is 14.9 Å². The Labute approximate surface area is 157 Å². The lowest BCUT2D eigenvalue weighted by Crippen LogP contribution is -2.40. The molecule has 1 aliphatic rings. The number of nitrogens with zero attached hydrogens (tertiary/aromatic N) is 2. The molecule has 7 heteroatoms. The van der Waals surface area contributed by atoms with Crippen molar-refractivity contribution in [1.29, 1.82) is 0 Å². The highest BCUT2D eigenvalue weighted by atomic mass is 19.1. The van der Waals surface area contributed by atoms with Crippen LogP contribution in [-0.2, 0) is 11.3 Å². The fraction of sp³-hybridized carbons (Fsp3) is 0.350. The van der Waals surface area contributed by atoms with E-state index in [-0.39, 0.29) is 28.3 Å². The van der Waals surface area contributed by atoms with Crippen molar-refractivity contribution in [2.24, 2.45) is 5.92 Å². The first-order chi connectivity index (χ1) is 13.0. The second-order valence-corrected chi connectivity index (χ2v) is 6.81. The number of nitro benzene ring substituents is 1. The monoisotopic (exact) mass is 371 g/mol. The van der Waals surface area contributed by atoms with Crippen molar-refractivity contribution >= 4 is 17.3 Å². The molecule has 0 bridgehead atoms. The first-order valence-electron chi connectivity index (χ1n) is 8.97. The van der Waals surface area contributed by atoms with Crippen LogP contribution in [0.3, 0.4) is 0 Å². The molecule has 0 aliphatic carbocycles. The van der Waals surface area contributed by atoms with Gasteiger partial charge in [0.2, 0.25) is 5.91 Å². The minimum atomic E-state index is -0.380. The second kappa shape index (κ2) is 8.16. The average Bonchev–Trinajstić information content (AvgIpc) is 2.68. The number of anilines is 1. The summed E-state index contributed by atoms with van der Waals surface area (Å²) in [5.74, 6) is -0.475. The van der Waals surface area contributed by atoms with Gasteiger partial charge in [0.1, 0.15) is 11.5 Å². The first kappa shape index (κ1) is 18.8. The summed E-state index contributed by atoms with van der Waals surface area (Å²) < 4.78 is 13.6. The zero-order chi connectivity index (χ0) is 19.4. The van der Waals surface area contributed by atoms with Crippen molar-refractivity contribution in [3.05, 3.63) is 69.5 Å². The molecule has 1 saturated heterocycles. The van der Waals surface area contributed by atoms with Crippen LogP contribution in [0.2, 0.25) is 0 Å². The van der Waals surface area contributed by atoms with Crippen LogP contribution < -0.4 is 10.2 Å². The maximum atomic E-state index is 13.6. The highest BCUT2D eigenvalue weighted by Gasteiger charge is 2.27. The molecule has 1 N–H and O–H groups in total. The van der Waals surface area contributed by atoms with E-state index in [0.29, 0.717) is 43.7 Å². The van der Waals surface area contributed by atoms with Gasteiger partial charge in [-0.2, -0.15) is 0 Å². The zero-order valence-electron chi connectivity index (χ0n) is 15.2. The van der Waals surface area contributed by atoms with Gasteiger partial charge in [0, 0.05) is 31.6 Å². The predicted molar refractivity (Wildman–Crippen MR) is 101 cm³/mol. The third kappa shape index (κ3) is 4.42. The lowest BCUT2D eigenvalue weighted by molar-refractivity contribution is -0.384.